The van der Waals surface area contributed by atoms with E-state index in [0.717, 1.165) is 57.3 Å². The Kier molecular flexibility index (Phi) is 13.5. The van der Waals surface area contributed by atoms with Crippen LogP contribution in [0.3, 0.4) is 0 Å². The highest BCUT2D eigenvalue weighted by Gasteiger charge is 2.38. The van der Waals surface area contributed by atoms with Gasteiger partial charge in [0, 0.05) is 24.2 Å². The van der Waals surface area contributed by atoms with Crippen LogP contribution in [0.5, 0.6) is 0 Å². The Labute approximate surface area is 365 Å². The van der Waals surface area contributed by atoms with Crippen LogP contribution in [0.4, 0.5) is 14.0 Å². The SMILES string of the molecule is CC[C@@H](c1ncc(-c2ccc(-c3ccc4cc(-c5cnc([C@@H]6CCCN6C(=O)[C@@H](NC(=O)OC)C(C)C)[nH]5)ccc4c3)cc2)[nH]1)N(CC)C(=O)[C@H](NC(=O)OC)c1ccccc1F. The number of fused-ring (bicyclic) bond motifs is 1. The van der Waals surface area contributed by atoms with Crippen molar-refractivity contribution in [1.82, 2.24) is 40.4 Å². The zero-order chi connectivity index (χ0) is 44.8. The molecule has 0 unspecified atom stereocenters. The molecule has 0 saturated carbocycles. The molecule has 4 amide bonds. The molecule has 1 fully saturated rings. The van der Waals surface area contributed by atoms with Crippen LogP contribution in [-0.4, -0.2) is 87.1 Å². The summed E-state index contributed by atoms with van der Waals surface area (Å²) in [5.74, 6) is -0.0912. The molecule has 0 aliphatic carbocycles. The van der Waals surface area contributed by atoms with E-state index in [0.29, 0.717) is 24.6 Å². The van der Waals surface area contributed by atoms with Crippen LogP contribution in [0.15, 0.2) is 97.3 Å². The zero-order valence-electron chi connectivity index (χ0n) is 36.3. The normalized spacial score (nSPS) is 15.2. The van der Waals surface area contributed by atoms with Crippen LogP contribution < -0.4 is 10.6 Å². The topological polar surface area (TPSA) is 175 Å². The molecule has 14 nitrogen and oxygen atoms in total. The van der Waals surface area contributed by atoms with Gasteiger partial charge in [-0.15, -0.1) is 0 Å². The summed E-state index contributed by atoms with van der Waals surface area (Å²) >= 11 is 0. The van der Waals surface area contributed by atoms with E-state index in [4.69, 9.17) is 14.5 Å². The number of benzene rings is 4. The highest BCUT2D eigenvalue weighted by Crippen LogP contribution is 2.35. The van der Waals surface area contributed by atoms with Crippen LogP contribution in [0, 0.1) is 11.7 Å². The minimum absolute atomic E-state index is 0.0397. The number of hydrogen-bond donors (Lipinski definition) is 4. The second kappa shape index (κ2) is 19.3. The first kappa shape index (κ1) is 44.0. The second-order valence-corrected chi connectivity index (χ2v) is 15.9. The van der Waals surface area contributed by atoms with Crippen molar-refractivity contribution in [1.29, 1.82) is 0 Å². The van der Waals surface area contributed by atoms with Gasteiger partial charge in [-0.1, -0.05) is 87.5 Å². The number of ether oxygens (including phenoxy) is 2. The number of likely N-dealkylation sites (tertiary alicyclic amines) is 1. The number of carbonyl (C=O) groups is 4. The Bertz CT molecular complexity index is 2590. The maximum absolute atomic E-state index is 14.9. The number of imidazole rings is 2. The van der Waals surface area contributed by atoms with Gasteiger partial charge in [0.05, 0.1) is 50.1 Å². The highest BCUT2D eigenvalue weighted by atomic mass is 19.1. The second-order valence-electron chi connectivity index (χ2n) is 15.9. The first-order valence-corrected chi connectivity index (χ1v) is 21.2. The van der Waals surface area contributed by atoms with Gasteiger partial charge in [0.25, 0.3) is 5.91 Å². The van der Waals surface area contributed by atoms with Crippen LogP contribution in [0.25, 0.3) is 44.4 Å². The Morgan fingerprint density at radius 2 is 1.43 bits per heavy atom. The molecule has 4 atom stereocenters. The average molecular weight is 857 g/mol. The monoisotopic (exact) mass is 856 g/mol. The van der Waals surface area contributed by atoms with Gasteiger partial charge in [-0.25, -0.2) is 23.9 Å². The van der Waals surface area contributed by atoms with Crippen molar-refractivity contribution in [2.24, 2.45) is 5.92 Å². The molecule has 4 N–H and O–H groups in total. The first-order chi connectivity index (χ1) is 30.4. The number of nitrogens with one attached hydrogen (secondary N) is 4. The molecule has 328 valence electrons. The smallest absolute Gasteiger partial charge is 0.407 e. The number of aromatic amines is 2. The number of nitrogens with zero attached hydrogens (tertiary/aromatic N) is 4. The van der Waals surface area contributed by atoms with Gasteiger partial charge in [-0.2, -0.15) is 0 Å². The summed E-state index contributed by atoms with van der Waals surface area (Å²) in [6.45, 7) is 8.43. The highest BCUT2D eigenvalue weighted by molar-refractivity contribution is 5.91. The number of amides is 4. The summed E-state index contributed by atoms with van der Waals surface area (Å²) < 4.78 is 24.5. The minimum atomic E-state index is -1.30. The van der Waals surface area contributed by atoms with E-state index in [1.807, 2.05) is 39.8 Å². The van der Waals surface area contributed by atoms with E-state index in [1.54, 1.807) is 28.3 Å². The van der Waals surface area contributed by atoms with Crippen LogP contribution in [-0.2, 0) is 19.1 Å². The van der Waals surface area contributed by atoms with Gasteiger partial charge >= 0.3 is 12.2 Å². The summed E-state index contributed by atoms with van der Waals surface area (Å²) in [6, 6.07) is 23.9. The lowest BCUT2D eigenvalue weighted by Crippen LogP contribution is -2.51. The summed E-state index contributed by atoms with van der Waals surface area (Å²) in [4.78, 5) is 71.5. The molecule has 0 radical (unpaired) electrons. The van der Waals surface area contributed by atoms with Crippen molar-refractivity contribution in [3.05, 3.63) is 120 Å². The van der Waals surface area contributed by atoms with E-state index in [2.05, 4.69) is 74.1 Å². The van der Waals surface area contributed by atoms with Crippen LogP contribution >= 0.6 is 0 Å². The van der Waals surface area contributed by atoms with Crippen LogP contribution in [0.2, 0.25) is 0 Å². The number of rotatable bonds is 14. The summed E-state index contributed by atoms with van der Waals surface area (Å²) in [7, 11) is 2.47. The maximum Gasteiger partial charge on any atom is 0.407 e. The molecule has 0 spiro atoms. The first-order valence-electron chi connectivity index (χ1n) is 21.2. The molecule has 3 heterocycles. The third-order valence-corrected chi connectivity index (χ3v) is 11.7. The van der Waals surface area contributed by atoms with Gasteiger partial charge in [0.15, 0.2) is 0 Å². The van der Waals surface area contributed by atoms with Gasteiger partial charge < -0.3 is 39.9 Å². The van der Waals surface area contributed by atoms with E-state index in [-0.39, 0.29) is 30.0 Å². The van der Waals surface area contributed by atoms with Crippen molar-refractivity contribution < 1.29 is 33.0 Å². The number of aromatic nitrogens is 4. The number of alkyl carbamates (subject to hydrolysis) is 2. The standard InChI is InChI=1S/C48H53FN8O6/c1-7-39(56(8-2)46(59)42(55-48(61)63-6)35-12-9-10-13-36(35)49)43-50-26-37(52-43)30-17-15-29(16-18-30)31-19-20-33-25-34(22-21-32(33)24-31)38-27-51-44(53-38)40-14-11-23-57(40)45(58)41(28(3)4)54-47(60)62-5/h9-10,12-13,15-22,24-28,39-42H,7-8,11,14,23H2,1-6H3,(H,50,52)(H,51,53)(H,54,60)(H,55,61)/t39-,40-,41-,42+/m0/s1. The maximum atomic E-state index is 14.9. The largest absolute Gasteiger partial charge is 0.453 e. The Morgan fingerprint density at radius 1 is 0.810 bits per heavy atom. The van der Waals surface area contributed by atoms with Crippen molar-refractivity contribution in [3.63, 3.8) is 0 Å². The minimum Gasteiger partial charge on any atom is -0.453 e. The summed E-state index contributed by atoms with van der Waals surface area (Å²) in [5.41, 5.74) is 5.63. The number of halogens is 1. The van der Waals surface area contributed by atoms with Gasteiger partial charge in [0.2, 0.25) is 5.91 Å². The Hall–Kier alpha value is -7.03. The van der Waals surface area contributed by atoms with Gasteiger partial charge in [0.1, 0.15) is 29.5 Å². The van der Waals surface area contributed by atoms with Gasteiger partial charge in [-0.05, 0) is 77.8 Å². The van der Waals surface area contributed by atoms with E-state index >= 15 is 0 Å². The number of carbonyl (C=O) groups excluding carboxylic acids is 4. The van der Waals surface area contributed by atoms with E-state index in [9.17, 15) is 23.6 Å². The predicted octanol–water partition coefficient (Wildman–Crippen LogP) is 8.87. The molecule has 7 rings (SSSR count). The molecule has 4 aromatic carbocycles. The lowest BCUT2D eigenvalue weighted by molar-refractivity contribution is -0.136. The Morgan fingerprint density at radius 3 is 2.10 bits per heavy atom. The predicted molar refractivity (Wildman–Crippen MR) is 238 cm³/mol. The molecule has 2 aromatic heterocycles. The molecule has 1 saturated heterocycles. The summed E-state index contributed by atoms with van der Waals surface area (Å²) in [5, 5.41) is 7.34. The van der Waals surface area contributed by atoms with Crippen LogP contribution in [0.1, 0.15) is 82.3 Å². The number of H-pyrrole nitrogens is 2. The molecular weight excluding hydrogens is 804 g/mol. The summed E-state index contributed by atoms with van der Waals surface area (Å²) in [6.07, 6.45) is 4.18. The molecule has 15 heteroatoms. The fourth-order valence-electron chi connectivity index (χ4n) is 8.35. The van der Waals surface area contributed by atoms with E-state index < -0.39 is 42.0 Å². The molecule has 1 aliphatic heterocycles. The Balaban J connectivity index is 1.04. The van der Waals surface area contributed by atoms with E-state index in [1.165, 1.54) is 32.4 Å². The molecule has 6 aromatic rings. The number of hydrogen-bond acceptors (Lipinski definition) is 8. The third-order valence-electron chi connectivity index (χ3n) is 11.7. The molecule has 0 bridgehead atoms. The van der Waals surface area contributed by atoms with Crippen molar-refractivity contribution in [2.75, 3.05) is 27.3 Å². The fourth-order valence-corrected chi connectivity index (χ4v) is 8.35. The molecule has 63 heavy (non-hydrogen) atoms. The third kappa shape index (κ3) is 9.42. The van der Waals surface area contributed by atoms with Crippen molar-refractivity contribution in [3.8, 4) is 33.6 Å². The zero-order valence-corrected chi connectivity index (χ0v) is 36.3. The number of likely N-dealkylation sites (N-methyl/N-ethyl adjacent to an activating group) is 1. The van der Waals surface area contributed by atoms with Gasteiger partial charge in [-0.3, -0.25) is 9.59 Å². The number of methoxy groups -OCH3 is 2. The lowest BCUT2D eigenvalue weighted by atomic mass is 9.98. The average Bonchev–Trinajstić information content (AvgIpc) is 4.11. The lowest BCUT2D eigenvalue weighted by Gasteiger charge is -2.32. The molecule has 1 aliphatic rings. The van der Waals surface area contributed by atoms with Crippen molar-refractivity contribution in [2.45, 2.75) is 71.1 Å². The quantitative estimate of drug-likeness (QED) is 0.0841. The fraction of sp³-hybridized carbons (Fsp3) is 0.333. The molecular formula is C48H53FN8O6. The van der Waals surface area contributed by atoms with Crippen molar-refractivity contribution >= 4 is 34.8 Å².